The van der Waals surface area contributed by atoms with Crippen molar-refractivity contribution in [2.75, 3.05) is 13.2 Å². The third kappa shape index (κ3) is 3.68. The molecule has 2 N–H and O–H groups in total. The maximum absolute atomic E-state index is 11.0. The number of carbonyl (C=O) groups is 1. The Morgan fingerprint density at radius 3 is 2.83 bits per heavy atom. The van der Waals surface area contributed by atoms with Gasteiger partial charge in [-0.05, 0) is 17.2 Å². The Balaban J connectivity index is 1.70. The van der Waals surface area contributed by atoms with Gasteiger partial charge in [-0.1, -0.05) is 49.0 Å². The van der Waals surface area contributed by atoms with Crippen LogP contribution in [0.1, 0.15) is 29.5 Å². The topological polar surface area (TPSA) is 90.7 Å². The predicted octanol–water partition coefficient (Wildman–Crippen LogP) is 3.01. The van der Waals surface area contributed by atoms with E-state index in [1.54, 1.807) is 11.8 Å². The number of benzene rings is 1. The summed E-state index contributed by atoms with van der Waals surface area (Å²) in [5, 5.41) is 4.67. The van der Waals surface area contributed by atoms with Crippen LogP contribution in [0.2, 0.25) is 0 Å². The molecule has 3 rings (SSSR count). The fourth-order valence-electron chi connectivity index (χ4n) is 2.23. The average molecular weight is 343 g/mol. The Morgan fingerprint density at radius 1 is 1.38 bits per heavy atom. The predicted molar refractivity (Wildman–Crippen MR) is 93.3 cm³/mol. The number of ether oxygens (including phenoxy) is 1. The molecule has 0 bridgehead atoms. The molecule has 1 aliphatic heterocycles. The van der Waals surface area contributed by atoms with E-state index >= 15 is 0 Å². The lowest BCUT2D eigenvalue weighted by molar-refractivity contribution is 0.0964. The fraction of sp³-hybridized carbons (Fsp3) is 0.235. The van der Waals surface area contributed by atoms with Crippen LogP contribution in [0.15, 0.2) is 56.4 Å². The number of aliphatic imine (C=N–C) groups is 1. The quantitative estimate of drug-likeness (QED) is 0.870. The average Bonchev–Trinajstić information content (AvgIpc) is 3.10. The van der Waals surface area contributed by atoms with Gasteiger partial charge in [0, 0.05) is 10.5 Å². The zero-order valence-electron chi connectivity index (χ0n) is 13.2. The summed E-state index contributed by atoms with van der Waals surface area (Å²) in [6, 6.07) is 11.4. The molecule has 0 spiro atoms. The smallest absolute Gasteiger partial charge is 0.287 e. The molecule has 2 heterocycles. The van der Waals surface area contributed by atoms with E-state index < -0.39 is 5.91 Å². The first-order chi connectivity index (χ1) is 11.7. The molecule has 1 aromatic heterocycles. The van der Waals surface area contributed by atoms with E-state index in [9.17, 15) is 4.79 Å². The Morgan fingerprint density at radius 2 is 2.17 bits per heavy atom. The maximum atomic E-state index is 11.0. The molecular formula is C17H17N3O3S. The van der Waals surface area contributed by atoms with Gasteiger partial charge in [-0.25, -0.2) is 0 Å². The van der Waals surface area contributed by atoms with Crippen LogP contribution < -0.4 is 10.5 Å². The van der Waals surface area contributed by atoms with E-state index in [1.807, 2.05) is 30.3 Å². The second-order valence-electron chi connectivity index (χ2n) is 5.15. The van der Waals surface area contributed by atoms with Crippen LogP contribution in [0.4, 0.5) is 0 Å². The number of carbonyl (C=O) groups excluding carboxylic acids is 1. The molecule has 24 heavy (non-hydrogen) atoms. The SMILES string of the molecule is CCC1=C(COc2cc(C(N)=O)on2)SC(c2ccccc2)=NC1. The standard InChI is InChI=1S/C17H17N3O3S/c1-2-11-9-19-17(12-6-4-3-5-7-12)24-14(11)10-22-15-8-13(16(18)21)23-20-15/h3-8H,2,9-10H2,1H3,(H2,18,21). The van der Waals surface area contributed by atoms with Gasteiger partial charge in [-0.3, -0.25) is 9.79 Å². The van der Waals surface area contributed by atoms with Crippen molar-refractivity contribution in [3.63, 3.8) is 0 Å². The summed E-state index contributed by atoms with van der Waals surface area (Å²) in [5.74, 6) is -0.440. The van der Waals surface area contributed by atoms with Crippen molar-refractivity contribution < 1.29 is 14.1 Å². The number of primary amides is 1. The Labute approximate surface area is 143 Å². The van der Waals surface area contributed by atoms with Gasteiger partial charge in [0.1, 0.15) is 11.7 Å². The summed E-state index contributed by atoms with van der Waals surface area (Å²) in [5.41, 5.74) is 7.46. The van der Waals surface area contributed by atoms with Crippen LogP contribution in [0, 0.1) is 0 Å². The largest absolute Gasteiger partial charge is 0.470 e. The first-order valence-corrected chi connectivity index (χ1v) is 8.37. The highest BCUT2D eigenvalue weighted by Crippen LogP contribution is 2.31. The van der Waals surface area contributed by atoms with E-state index in [0.29, 0.717) is 13.2 Å². The van der Waals surface area contributed by atoms with Gasteiger partial charge in [-0.15, -0.1) is 0 Å². The van der Waals surface area contributed by atoms with Crippen molar-refractivity contribution in [2.24, 2.45) is 10.7 Å². The van der Waals surface area contributed by atoms with Gasteiger partial charge >= 0.3 is 0 Å². The minimum atomic E-state index is -0.670. The lowest BCUT2D eigenvalue weighted by Gasteiger charge is -2.19. The Hall–Kier alpha value is -2.54. The van der Waals surface area contributed by atoms with Crippen molar-refractivity contribution in [3.8, 4) is 5.88 Å². The summed E-state index contributed by atoms with van der Waals surface area (Å²) in [6.45, 7) is 3.11. The minimum absolute atomic E-state index is 0.0162. The number of amides is 1. The van der Waals surface area contributed by atoms with Crippen LogP contribution in [-0.4, -0.2) is 29.3 Å². The molecule has 6 nitrogen and oxygen atoms in total. The summed E-state index contributed by atoms with van der Waals surface area (Å²) < 4.78 is 10.5. The molecule has 0 saturated heterocycles. The highest BCUT2D eigenvalue weighted by molar-refractivity contribution is 8.17. The van der Waals surface area contributed by atoms with Crippen LogP contribution in [0.5, 0.6) is 5.88 Å². The summed E-state index contributed by atoms with van der Waals surface area (Å²) in [7, 11) is 0. The number of nitrogens with two attached hydrogens (primary N) is 1. The zero-order valence-corrected chi connectivity index (χ0v) is 14.0. The van der Waals surface area contributed by atoms with Gasteiger partial charge in [0.2, 0.25) is 5.76 Å². The lowest BCUT2D eigenvalue weighted by atomic mass is 10.2. The van der Waals surface area contributed by atoms with Crippen molar-refractivity contribution in [2.45, 2.75) is 13.3 Å². The number of nitrogens with zero attached hydrogens (tertiary/aromatic N) is 2. The molecule has 0 radical (unpaired) electrons. The number of thioether (sulfide) groups is 1. The molecular weight excluding hydrogens is 326 g/mol. The van der Waals surface area contributed by atoms with Gasteiger partial charge in [0.05, 0.1) is 12.6 Å². The first-order valence-electron chi connectivity index (χ1n) is 7.55. The van der Waals surface area contributed by atoms with E-state index in [4.69, 9.17) is 15.0 Å². The highest BCUT2D eigenvalue weighted by Gasteiger charge is 2.18. The molecule has 1 aliphatic rings. The minimum Gasteiger partial charge on any atom is -0.470 e. The second-order valence-corrected chi connectivity index (χ2v) is 6.24. The number of hydrogen-bond donors (Lipinski definition) is 1. The second kappa shape index (κ2) is 7.35. The lowest BCUT2D eigenvalue weighted by Crippen LogP contribution is -2.12. The van der Waals surface area contributed by atoms with Gasteiger partial charge in [-0.2, -0.15) is 0 Å². The fourth-order valence-corrected chi connectivity index (χ4v) is 3.32. The van der Waals surface area contributed by atoms with E-state index in [1.165, 1.54) is 11.6 Å². The molecule has 7 heteroatoms. The molecule has 0 aliphatic carbocycles. The molecule has 124 valence electrons. The van der Waals surface area contributed by atoms with Gasteiger partial charge < -0.3 is 15.0 Å². The highest BCUT2D eigenvalue weighted by atomic mass is 32.2. The van der Waals surface area contributed by atoms with Crippen molar-refractivity contribution >= 4 is 22.7 Å². The molecule has 0 atom stereocenters. The number of hydrogen-bond acceptors (Lipinski definition) is 6. The van der Waals surface area contributed by atoms with Crippen molar-refractivity contribution in [1.29, 1.82) is 0 Å². The van der Waals surface area contributed by atoms with E-state index in [-0.39, 0.29) is 11.6 Å². The van der Waals surface area contributed by atoms with Gasteiger partial charge in [0.15, 0.2) is 0 Å². The Kier molecular flexibility index (Phi) is 5.00. The number of aromatic nitrogens is 1. The molecule has 1 amide bonds. The molecule has 0 unspecified atom stereocenters. The zero-order chi connectivity index (χ0) is 16.9. The monoisotopic (exact) mass is 343 g/mol. The molecule has 0 saturated carbocycles. The third-order valence-electron chi connectivity index (χ3n) is 3.56. The maximum Gasteiger partial charge on any atom is 0.287 e. The van der Waals surface area contributed by atoms with Crippen molar-refractivity contribution in [1.82, 2.24) is 5.16 Å². The summed E-state index contributed by atoms with van der Waals surface area (Å²) >= 11 is 1.60. The Bertz CT molecular complexity index is 796. The van der Waals surface area contributed by atoms with Crippen LogP contribution in [0.3, 0.4) is 0 Å². The molecule has 1 aromatic carbocycles. The van der Waals surface area contributed by atoms with Gasteiger partial charge in [0.25, 0.3) is 11.8 Å². The van der Waals surface area contributed by atoms with E-state index in [0.717, 1.165) is 21.9 Å². The van der Waals surface area contributed by atoms with Crippen LogP contribution >= 0.6 is 11.8 Å². The number of rotatable bonds is 6. The molecule has 2 aromatic rings. The van der Waals surface area contributed by atoms with E-state index in [2.05, 4.69) is 17.1 Å². The van der Waals surface area contributed by atoms with Crippen molar-refractivity contribution in [3.05, 3.63) is 58.2 Å². The third-order valence-corrected chi connectivity index (χ3v) is 4.77. The van der Waals surface area contributed by atoms with Crippen LogP contribution in [-0.2, 0) is 0 Å². The summed E-state index contributed by atoms with van der Waals surface area (Å²) in [4.78, 5) is 16.8. The normalized spacial score (nSPS) is 14.5. The summed E-state index contributed by atoms with van der Waals surface area (Å²) in [6.07, 6.45) is 0.905. The molecule has 0 fully saturated rings. The van der Waals surface area contributed by atoms with Crippen LogP contribution in [0.25, 0.3) is 0 Å². The first kappa shape index (κ1) is 16.3.